The Balaban J connectivity index is 1.50. The molecule has 0 heterocycles. The molecule has 0 fully saturated rings. The smallest absolute Gasteiger partial charge is 0.119 e. The molecule has 4 aromatic rings. The van der Waals surface area contributed by atoms with Crippen LogP contribution >= 0.6 is 0 Å². The molecule has 0 amide bonds. The lowest BCUT2D eigenvalue weighted by Crippen LogP contribution is -1.94. The molecule has 4 rings (SSSR count). The van der Waals surface area contributed by atoms with Crippen molar-refractivity contribution >= 4 is 0 Å². The Morgan fingerprint density at radius 3 is 1.78 bits per heavy atom. The van der Waals surface area contributed by atoms with Crippen molar-refractivity contribution in [3.05, 3.63) is 109 Å². The maximum absolute atomic E-state index is 9.47. The summed E-state index contributed by atoms with van der Waals surface area (Å²) in [6.45, 7) is 0.566. The molecular weight excluding hydrogens is 332 g/mol. The van der Waals surface area contributed by atoms with E-state index in [0.29, 0.717) is 6.61 Å². The van der Waals surface area contributed by atoms with Gasteiger partial charge in [0.1, 0.15) is 18.1 Å². The lowest BCUT2D eigenvalue weighted by Gasteiger charge is -2.09. The van der Waals surface area contributed by atoms with Gasteiger partial charge in [-0.1, -0.05) is 72.8 Å². The Labute approximate surface area is 159 Å². The monoisotopic (exact) mass is 352 g/mol. The topological polar surface area (TPSA) is 29.5 Å². The molecule has 0 aliphatic rings. The minimum absolute atomic E-state index is 0.279. The van der Waals surface area contributed by atoms with Gasteiger partial charge in [0, 0.05) is 0 Å². The van der Waals surface area contributed by atoms with Crippen molar-refractivity contribution in [2.75, 3.05) is 0 Å². The largest absolute Gasteiger partial charge is 0.508 e. The number of phenols is 1. The standard InChI is InChI=1S/C25H20O2/c26-24-13-9-20(10-14-24)22-7-4-8-23(17-22)21-11-15-25(16-12-21)27-18-19-5-2-1-3-6-19/h1-17,26H,18H2. The first-order valence-electron chi connectivity index (χ1n) is 8.94. The van der Waals surface area contributed by atoms with E-state index >= 15 is 0 Å². The van der Waals surface area contributed by atoms with Crippen molar-refractivity contribution in [1.29, 1.82) is 0 Å². The van der Waals surface area contributed by atoms with Crippen LogP contribution in [0.1, 0.15) is 5.56 Å². The van der Waals surface area contributed by atoms with E-state index < -0.39 is 0 Å². The Bertz CT molecular complexity index is 1000. The summed E-state index contributed by atoms with van der Waals surface area (Å²) in [6, 6.07) is 34.0. The van der Waals surface area contributed by atoms with E-state index in [1.165, 1.54) is 0 Å². The predicted octanol–water partition coefficient (Wildman–Crippen LogP) is 6.31. The maximum atomic E-state index is 9.47. The van der Waals surface area contributed by atoms with Gasteiger partial charge in [-0.05, 0) is 58.1 Å². The summed E-state index contributed by atoms with van der Waals surface area (Å²) >= 11 is 0. The Kier molecular flexibility index (Phi) is 4.88. The molecular formula is C25H20O2. The van der Waals surface area contributed by atoms with Crippen LogP contribution in [0.3, 0.4) is 0 Å². The molecule has 132 valence electrons. The molecule has 0 saturated heterocycles. The van der Waals surface area contributed by atoms with E-state index in [2.05, 4.69) is 48.5 Å². The number of ether oxygens (including phenoxy) is 1. The van der Waals surface area contributed by atoms with Gasteiger partial charge in [0.05, 0.1) is 0 Å². The van der Waals surface area contributed by atoms with E-state index in [1.54, 1.807) is 12.1 Å². The highest BCUT2D eigenvalue weighted by molar-refractivity contribution is 5.73. The van der Waals surface area contributed by atoms with Crippen LogP contribution in [-0.4, -0.2) is 5.11 Å². The molecule has 0 aliphatic carbocycles. The lowest BCUT2D eigenvalue weighted by molar-refractivity contribution is 0.306. The van der Waals surface area contributed by atoms with Gasteiger partial charge in [-0.2, -0.15) is 0 Å². The number of benzene rings is 4. The summed E-state index contributed by atoms with van der Waals surface area (Å²) < 4.78 is 5.86. The average Bonchev–Trinajstić information content (AvgIpc) is 2.74. The average molecular weight is 352 g/mol. The predicted molar refractivity (Wildman–Crippen MR) is 110 cm³/mol. The Hall–Kier alpha value is -3.52. The van der Waals surface area contributed by atoms with Gasteiger partial charge < -0.3 is 9.84 Å². The van der Waals surface area contributed by atoms with Crippen molar-refractivity contribution < 1.29 is 9.84 Å². The molecule has 0 aliphatic heterocycles. The minimum atomic E-state index is 0.279. The molecule has 27 heavy (non-hydrogen) atoms. The van der Waals surface area contributed by atoms with Gasteiger partial charge in [-0.25, -0.2) is 0 Å². The number of hydrogen-bond acceptors (Lipinski definition) is 2. The SMILES string of the molecule is Oc1ccc(-c2cccc(-c3ccc(OCc4ccccc4)cc3)c2)cc1. The molecule has 4 aromatic carbocycles. The van der Waals surface area contributed by atoms with E-state index in [0.717, 1.165) is 33.6 Å². The van der Waals surface area contributed by atoms with Crippen LogP contribution in [-0.2, 0) is 6.61 Å². The van der Waals surface area contributed by atoms with E-state index in [9.17, 15) is 5.11 Å². The second-order valence-electron chi connectivity index (χ2n) is 6.43. The van der Waals surface area contributed by atoms with E-state index in [4.69, 9.17) is 4.74 Å². The quantitative estimate of drug-likeness (QED) is 0.456. The minimum Gasteiger partial charge on any atom is -0.508 e. The Morgan fingerprint density at radius 2 is 1.15 bits per heavy atom. The molecule has 0 saturated carbocycles. The highest BCUT2D eigenvalue weighted by atomic mass is 16.5. The third-order valence-corrected chi connectivity index (χ3v) is 4.50. The first-order chi connectivity index (χ1) is 13.3. The van der Waals surface area contributed by atoms with Crippen LogP contribution in [0.15, 0.2) is 103 Å². The lowest BCUT2D eigenvalue weighted by atomic mass is 9.99. The van der Waals surface area contributed by atoms with Crippen LogP contribution in [0.4, 0.5) is 0 Å². The second-order valence-corrected chi connectivity index (χ2v) is 6.43. The van der Waals surface area contributed by atoms with Crippen LogP contribution in [0.25, 0.3) is 22.3 Å². The van der Waals surface area contributed by atoms with Gasteiger partial charge in [0.2, 0.25) is 0 Å². The molecule has 0 bridgehead atoms. The third-order valence-electron chi connectivity index (χ3n) is 4.50. The number of aromatic hydroxyl groups is 1. The molecule has 0 radical (unpaired) electrons. The summed E-state index contributed by atoms with van der Waals surface area (Å²) in [5.74, 6) is 1.14. The summed E-state index contributed by atoms with van der Waals surface area (Å²) in [5.41, 5.74) is 5.65. The summed E-state index contributed by atoms with van der Waals surface area (Å²) in [6.07, 6.45) is 0. The summed E-state index contributed by atoms with van der Waals surface area (Å²) in [7, 11) is 0. The fraction of sp³-hybridized carbons (Fsp3) is 0.0400. The van der Waals surface area contributed by atoms with Gasteiger partial charge in [0.15, 0.2) is 0 Å². The van der Waals surface area contributed by atoms with Crippen molar-refractivity contribution in [2.24, 2.45) is 0 Å². The van der Waals surface area contributed by atoms with Crippen molar-refractivity contribution in [3.8, 4) is 33.8 Å². The fourth-order valence-electron chi connectivity index (χ4n) is 3.02. The molecule has 0 aromatic heterocycles. The van der Waals surface area contributed by atoms with Crippen molar-refractivity contribution in [2.45, 2.75) is 6.61 Å². The van der Waals surface area contributed by atoms with Gasteiger partial charge in [-0.15, -0.1) is 0 Å². The maximum Gasteiger partial charge on any atom is 0.119 e. The van der Waals surface area contributed by atoms with Gasteiger partial charge in [0.25, 0.3) is 0 Å². The van der Waals surface area contributed by atoms with E-state index in [-0.39, 0.29) is 5.75 Å². The van der Waals surface area contributed by atoms with Gasteiger partial charge in [-0.3, -0.25) is 0 Å². The second kappa shape index (κ2) is 7.79. The molecule has 0 spiro atoms. The summed E-state index contributed by atoms with van der Waals surface area (Å²) in [5, 5.41) is 9.47. The number of hydrogen-bond donors (Lipinski definition) is 1. The highest BCUT2D eigenvalue weighted by Gasteiger charge is 2.03. The highest BCUT2D eigenvalue weighted by Crippen LogP contribution is 2.28. The van der Waals surface area contributed by atoms with Gasteiger partial charge >= 0.3 is 0 Å². The summed E-state index contributed by atoms with van der Waals surface area (Å²) in [4.78, 5) is 0. The Morgan fingerprint density at radius 1 is 0.556 bits per heavy atom. The van der Waals surface area contributed by atoms with Crippen LogP contribution in [0.5, 0.6) is 11.5 Å². The molecule has 2 heteroatoms. The number of phenolic OH excluding ortho intramolecular Hbond substituents is 1. The zero-order valence-corrected chi connectivity index (χ0v) is 14.9. The molecule has 0 atom stereocenters. The fourth-order valence-corrected chi connectivity index (χ4v) is 3.02. The molecule has 2 nitrogen and oxygen atoms in total. The van der Waals surface area contributed by atoms with Crippen molar-refractivity contribution in [1.82, 2.24) is 0 Å². The normalized spacial score (nSPS) is 10.5. The molecule has 1 N–H and O–H groups in total. The first kappa shape index (κ1) is 16.9. The first-order valence-corrected chi connectivity index (χ1v) is 8.94. The third kappa shape index (κ3) is 4.18. The zero-order chi connectivity index (χ0) is 18.5. The van der Waals surface area contributed by atoms with E-state index in [1.807, 2.05) is 42.5 Å². The van der Waals surface area contributed by atoms with Crippen molar-refractivity contribution in [3.63, 3.8) is 0 Å². The van der Waals surface area contributed by atoms with Crippen LogP contribution in [0, 0.1) is 0 Å². The number of rotatable bonds is 5. The molecule has 0 unspecified atom stereocenters. The van der Waals surface area contributed by atoms with Crippen LogP contribution in [0.2, 0.25) is 0 Å². The zero-order valence-electron chi connectivity index (χ0n) is 14.9. The van der Waals surface area contributed by atoms with Crippen LogP contribution < -0.4 is 4.74 Å².